The van der Waals surface area contributed by atoms with E-state index in [2.05, 4.69) is 58.1 Å². The molecule has 2 aromatic rings. The fraction of sp³-hybridized carbons (Fsp3) is 0.444. The molecule has 1 aromatic heterocycles. The first-order valence-electron chi connectivity index (χ1n) is 7.75. The highest BCUT2D eigenvalue weighted by Crippen LogP contribution is 2.25. The van der Waals surface area contributed by atoms with Gasteiger partial charge >= 0.3 is 0 Å². The summed E-state index contributed by atoms with van der Waals surface area (Å²) >= 11 is 0. The van der Waals surface area contributed by atoms with Crippen molar-refractivity contribution in [3.63, 3.8) is 0 Å². The van der Waals surface area contributed by atoms with E-state index in [4.69, 9.17) is 9.97 Å². The molecule has 0 bridgehead atoms. The summed E-state index contributed by atoms with van der Waals surface area (Å²) in [5, 5.41) is 3.44. The molecule has 112 valence electrons. The summed E-state index contributed by atoms with van der Waals surface area (Å²) in [5.74, 6) is 1.81. The van der Waals surface area contributed by atoms with Gasteiger partial charge in [0.2, 0.25) is 0 Å². The minimum absolute atomic E-state index is 0.820. The summed E-state index contributed by atoms with van der Waals surface area (Å²) in [6.07, 6.45) is 2.04. The fourth-order valence-corrected chi connectivity index (χ4v) is 2.59. The van der Waals surface area contributed by atoms with E-state index < -0.39 is 0 Å². The Morgan fingerprint density at radius 3 is 2.43 bits per heavy atom. The van der Waals surface area contributed by atoms with Gasteiger partial charge in [0.25, 0.3) is 0 Å². The number of nitrogens with one attached hydrogen (secondary N) is 1. The standard InChI is InChI=1S/C18H25N3/c1-6-10-19-17-15(7-2)14(5)20-18(21-17)16-9-8-12(3)11-13(16)4/h8-9,11H,6-7,10H2,1-5H3,(H,19,20,21). The van der Waals surface area contributed by atoms with Crippen LogP contribution in [0.4, 0.5) is 5.82 Å². The minimum atomic E-state index is 0.820. The molecule has 0 aliphatic carbocycles. The Kier molecular flexibility index (Phi) is 4.94. The summed E-state index contributed by atoms with van der Waals surface area (Å²) in [7, 11) is 0. The van der Waals surface area contributed by atoms with Crippen LogP contribution in [0.5, 0.6) is 0 Å². The van der Waals surface area contributed by atoms with Gasteiger partial charge in [-0.1, -0.05) is 37.6 Å². The average molecular weight is 283 g/mol. The van der Waals surface area contributed by atoms with Crippen molar-refractivity contribution in [3.8, 4) is 11.4 Å². The van der Waals surface area contributed by atoms with Crippen LogP contribution >= 0.6 is 0 Å². The van der Waals surface area contributed by atoms with Crippen LogP contribution in [0.25, 0.3) is 11.4 Å². The van der Waals surface area contributed by atoms with E-state index in [0.29, 0.717) is 0 Å². The van der Waals surface area contributed by atoms with E-state index in [1.54, 1.807) is 0 Å². The van der Waals surface area contributed by atoms with Crippen LogP contribution < -0.4 is 5.32 Å². The van der Waals surface area contributed by atoms with Gasteiger partial charge in [0.05, 0.1) is 0 Å². The van der Waals surface area contributed by atoms with Crippen molar-refractivity contribution in [2.45, 2.75) is 47.5 Å². The molecular weight excluding hydrogens is 258 g/mol. The Labute approximate surface area is 127 Å². The highest BCUT2D eigenvalue weighted by Gasteiger charge is 2.12. The number of benzene rings is 1. The van der Waals surface area contributed by atoms with Gasteiger partial charge in [-0.25, -0.2) is 9.97 Å². The Morgan fingerprint density at radius 1 is 1.05 bits per heavy atom. The lowest BCUT2D eigenvalue weighted by atomic mass is 10.0. The molecule has 0 amide bonds. The second-order valence-electron chi connectivity index (χ2n) is 5.56. The first kappa shape index (κ1) is 15.5. The van der Waals surface area contributed by atoms with E-state index in [1.807, 2.05) is 0 Å². The number of nitrogens with zero attached hydrogens (tertiary/aromatic N) is 2. The molecule has 0 fully saturated rings. The second-order valence-corrected chi connectivity index (χ2v) is 5.56. The number of rotatable bonds is 5. The summed E-state index contributed by atoms with van der Waals surface area (Å²) in [5.41, 5.74) is 5.89. The molecule has 0 aliphatic heterocycles. The monoisotopic (exact) mass is 283 g/mol. The first-order valence-corrected chi connectivity index (χ1v) is 7.75. The number of hydrogen-bond donors (Lipinski definition) is 1. The number of hydrogen-bond acceptors (Lipinski definition) is 3. The van der Waals surface area contributed by atoms with Crippen molar-refractivity contribution >= 4 is 5.82 Å². The summed E-state index contributed by atoms with van der Waals surface area (Å²) in [4.78, 5) is 9.50. The lowest BCUT2D eigenvalue weighted by molar-refractivity contribution is 0.938. The van der Waals surface area contributed by atoms with Gasteiger partial charge in [-0.3, -0.25) is 0 Å². The van der Waals surface area contributed by atoms with Gasteiger partial charge in [-0.05, 0) is 39.2 Å². The maximum atomic E-state index is 4.78. The Morgan fingerprint density at radius 2 is 1.81 bits per heavy atom. The van der Waals surface area contributed by atoms with Gasteiger partial charge in [0.15, 0.2) is 5.82 Å². The summed E-state index contributed by atoms with van der Waals surface area (Å²) < 4.78 is 0. The van der Waals surface area contributed by atoms with Gasteiger partial charge in [-0.2, -0.15) is 0 Å². The van der Waals surface area contributed by atoms with Gasteiger partial charge < -0.3 is 5.32 Å². The van der Waals surface area contributed by atoms with Gasteiger partial charge in [0, 0.05) is 23.4 Å². The van der Waals surface area contributed by atoms with Crippen LogP contribution in [-0.4, -0.2) is 16.5 Å². The fourth-order valence-electron chi connectivity index (χ4n) is 2.59. The SMILES string of the molecule is CCCNc1nc(-c2ccc(C)cc2C)nc(C)c1CC. The van der Waals surface area contributed by atoms with Crippen molar-refractivity contribution in [1.29, 1.82) is 0 Å². The predicted molar refractivity (Wildman–Crippen MR) is 89.8 cm³/mol. The minimum Gasteiger partial charge on any atom is -0.370 e. The maximum Gasteiger partial charge on any atom is 0.162 e. The third-order valence-corrected chi connectivity index (χ3v) is 3.73. The molecule has 21 heavy (non-hydrogen) atoms. The normalized spacial score (nSPS) is 10.7. The van der Waals surface area contributed by atoms with E-state index in [9.17, 15) is 0 Å². The summed E-state index contributed by atoms with van der Waals surface area (Å²) in [6.45, 7) is 11.6. The Hall–Kier alpha value is -1.90. The van der Waals surface area contributed by atoms with Crippen molar-refractivity contribution in [2.75, 3.05) is 11.9 Å². The molecule has 1 aromatic carbocycles. The lowest BCUT2D eigenvalue weighted by Crippen LogP contribution is -2.09. The van der Waals surface area contributed by atoms with Crippen molar-refractivity contribution in [3.05, 3.63) is 40.6 Å². The van der Waals surface area contributed by atoms with Gasteiger partial charge in [-0.15, -0.1) is 0 Å². The molecule has 0 aliphatic rings. The van der Waals surface area contributed by atoms with Crippen LogP contribution in [-0.2, 0) is 6.42 Å². The third kappa shape index (κ3) is 3.41. The number of anilines is 1. The van der Waals surface area contributed by atoms with Crippen molar-refractivity contribution in [2.24, 2.45) is 0 Å². The van der Waals surface area contributed by atoms with E-state index in [1.165, 1.54) is 16.7 Å². The zero-order chi connectivity index (χ0) is 15.4. The predicted octanol–water partition coefficient (Wildman–Crippen LogP) is 4.45. The zero-order valence-corrected chi connectivity index (χ0v) is 13.7. The van der Waals surface area contributed by atoms with Crippen LogP contribution in [0, 0.1) is 20.8 Å². The quantitative estimate of drug-likeness (QED) is 0.880. The molecule has 3 heteroatoms. The van der Waals surface area contributed by atoms with Crippen molar-refractivity contribution in [1.82, 2.24) is 9.97 Å². The molecule has 1 heterocycles. The van der Waals surface area contributed by atoms with E-state index >= 15 is 0 Å². The highest BCUT2D eigenvalue weighted by atomic mass is 15.0. The summed E-state index contributed by atoms with van der Waals surface area (Å²) in [6, 6.07) is 6.42. The molecule has 2 rings (SSSR count). The van der Waals surface area contributed by atoms with Crippen LogP contribution in [0.3, 0.4) is 0 Å². The number of aryl methyl sites for hydroxylation is 3. The molecule has 0 atom stereocenters. The first-order chi connectivity index (χ1) is 10.1. The largest absolute Gasteiger partial charge is 0.370 e. The van der Waals surface area contributed by atoms with Gasteiger partial charge in [0.1, 0.15) is 5.82 Å². The lowest BCUT2D eigenvalue weighted by Gasteiger charge is -2.14. The molecule has 0 spiro atoms. The van der Waals surface area contributed by atoms with Crippen LogP contribution in [0.15, 0.2) is 18.2 Å². The number of aromatic nitrogens is 2. The smallest absolute Gasteiger partial charge is 0.162 e. The molecule has 3 nitrogen and oxygen atoms in total. The molecule has 0 saturated carbocycles. The maximum absolute atomic E-state index is 4.78. The Balaban J connectivity index is 2.51. The van der Waals surface area contributed by atoms with Crippen LogP contribution in [0.2, 0.25) is 0 Å². The molecular formula is C18H25N3. The highest BCUT2D eigenvalue weighted by molar-refractivity contribution is 5.63. The van der Waals surface area contributed by atoms with Crippen LogP contribution in [0.1, 0.15) is 42.7 Å². The zero-order valence-electron chi connectivity index (χ0n) is 13.7. The van der Waals surface area contributed by atoms with E-state index in [0.717, 1.165) is 42.3 Å². The average Bonchev–Trinajstić information content (AvgIpc) is 2.44. The van der Waals surface area contributed by atoms with Crippen molar-refractivity contribution < 1.29 is 0 Å². The topological polar surface area (TPSA) is 37.8 Å². The molecule has 0 unspecified atom stereocenters. The van der Waals surface area contributed by atoms with E-state index in [-0.39, 0.29) is 0 Å². The molecule has 1 N–H and O–H groups in total. The Bertz CT molecular complexity index is 633. The molecule has 0 saturated heterocycles. The molecule has 0 radical (unpaired) electrons. The third-order valence-electron chi connectivity index (χ3n) is 3.73. The second kappa shape index (κ2) is 6.70.